The van der Waals surface area contributed by atoms with Crippen LogP contribution in [0.1, 0.15) is 18.1 Å². The molecular weight excluding hydrogens is 583 g/mol. The van der Waals surface area contributed by atoms with E-state index in [1.54, 1.807) is 29.2 Å². The van der Waals surface area contributed by atoms with Gasteiger partial charge in [-0.3, -0.25) is 19.3 Å². The fourth-order valence-electron chi connectivity index (χ4n) is 3.58. The predicted molar refractivity (Wildman–Crippen MR) is 141 cm³/mol. The van der Waals surface area contributed by atoms with E-state index in [0.29, 0.717) is 56.6 Å². The van der Waals surface area contributed by atoms with Gasteiger partial charge in [0.15, 0.2) is 11.5 Å². The van der Waals surface area contributed by atoms with Crippen LogP contribution in [0.15, 0.2) is 47.4 Å². The normalized spacial score (nSPS) is 17.3. The van der Waals surface area contributed by atoms with Crippen molar-refractivity contribution in [2.45, 2.75) is 13.5 Å². The van der Waals surface area contributed by atoms with Gasteiger partial charge in [0.25, 0.3) is 11.1 Å². The first-order valence-corrected chi connectivity index (χ1v) is 13.1. The molecule has 3 amide bonds. The molecule has 0 aliphatic carbocycles. The highest BCUT2D eigenvalue weighted by atomic mass is 127. The van der Waals surface area contributed by atoms with Crippen LogP contribution in [0.5, 0.6) is 11.5 Å². The van der Waals surface area contributed by atoms with Crippen molar-refractivity contribution in [3.63, 3.8) is 0 Å². The summed E-state index contributed by atoms with van der Waals surface area (Å²) >= 11 is 3.08. The number of hydrogen-bond donors (Lipinski definition) is 0. The average Bonchev–Trinajstić information content (AvgIpc) is 3.12. The highest BCUT2D eigenvalue weighted by Gasteiger charge is 2.37. The van der Waals surface area contributed by atoms with Crippen LogP contribution in [-0.4, -0.2) is 66.3 Å². The van der Waals surface area contributed by atoms with Gasteiger partial charge in [-0.25, -0.2) is 0 Å². The molecule has 0 aromatic heterocycles. The Bertz CT molecular complexity index is 1130. The lowest BCUT2D eigenvalue weighted by Gasteiger charge is -2.28. The quantitative estimate of drug-likeness (QED) is 0.329. The van der Waals surface area contributed by atoms with Gasteiger partial charge in [-0.2, -0.15) is 0 Å². The van der Waals surface area contributed by atoms with Crippen molar-refractivity contribution in [1.29, 1.82) is 0 Å². The van der Waals surface area contributed by atoms with E-state index >= 15 is 0 Å². The third-order valence-electron chi connectivity index (χ3n) is 5.40. The summed E-state index contributed by atoms with van der Waals surface area (Å²) in [6.45, 7) is 4.30. The second-order valence-corrected chi connectivity index (χ2v) is 10.1. The van der Waals surface area contributed by atoms with Crippen LogP contribution in [0.3, 0.4) is 0 Å². The number of hydrogen-bond acceptors (Lipinski definition) is 7. The van der Waals surface area contributed by atoms with Gasteiger partial charge in [0.1, 0.15) is 13.2 Å². The molecule has 2 fully saturated rings. The Morgan fingerprint density at radius 1 is 1.09 bits per heavy atom. The zero-order chi connectivity index (χ0) is 24.8. The molecule has 2 heterocycles. The predicted octanol–water partition coefficient (Wildman–Crippen LogP) is 4.16. The molecule has 8 nitrogen and oxygen atoms in total. The fraction of sp³-hybridized carbons (Fsp3) is 0.320. The lowest BCUT2D eigenvalue weighted by Crippen LogP contribution is -2.46. The van der Waals surface area contributed by atoms with Gasteiger partial charge in [0, 0.05) is 16.7 Å². The molecule has 0 N–H and O–H groups in total. The third kappa shape index (κ3) is 6.56. The number of thioether (sulfide) groups is 1. The smallest absolute Gasteiger partial charge is 0.294 e. The van der Waals surface area contributed by atoms with Gasteiger partial charge in [-0.15, -0.1) is 0 Å². The molecule has 2 aromatic carbocycles. The van der Waals surface area contributed by atoms with Gasteiger partial charge in [-0.1, -0.05) is 18.2 Å². The maximum atomic E-state index is 12.9. The summed E-state index contributed by atoms with van der Waals surface area (Å²) in [6.07, 6.45) is 1.63. The van der Waals surface area contributed by atoms with Crippen molar-refractivity contribution in [2.24, 2.45) is 0 Å². The van der Waals surface area contributed by atoms with Crippen LogP contribution in [0.4, 0.5) is 4.79 Å². The fourth-order valence-corrected chi connectivity index (χ4v) is 4.78. The van der Waals surface area contributed by atoms with Crippen molar-refractivity contribution < 1.29 is 28.6 Å². The maximum Gasteiger partial charge on any atom is 0.294 e. The molecule has 35 heavy (non-hydrogen) atoms. The second-order valence-electron chi connectivity index (χ2n) is 7.82. The Balaban J connectivity index is 1.45. The largest absolute Gasteiger partial charge is 0.490 e. The van der Waals surface area contributed by atoms with E-state index in [1.807, 2.05) is 31.2 Å². The van der Waals surface area contributed by atoms with E-state index in [-0.39, 0.29) is 17.4 Å². The summed E-state index contributed by atoms with van der Waals surface area (Å²) in [5.74, 6) is 0.406. The minimum atomic E-state index is -0.474. The Morgan fingerprint density at radius 2 is 1.83 bits per heavy atom. The van der Waals surface area contributed by atoms with Crippen molar-refractivity contribution in [2.75, 3.05) is 39.5 Å². The van der Waals surface area contributed by atoms with Crippen LogP contribution in [-0.2, 0) is 20.9 Å². The molecule has 10 heteroatoms. The number of morpholine rings is 1. The van der Waals surface area contributed by atoms with E-state index in [1.165, 1.54) is 0 Å². The Kier molecular flexibility index (Phi) is 8.69. The number of halogens is 1. The van der Waals surface area contributed by atoms with Gasteiger partial charge in [-0.05, 0) is 82.7 Å². The highest BCUT2D eigenvalue weighted by Crippen LogP contribution is 2.35. The third-order valence-corrected chi connectivity index (χ3v) is 7.03. The van der Waals surface area contributed by atoms with Crippen LogP contribution >= 0.6 is 34.4 Å². The molecule has 4 rings (SSSR count). The number of amides is 3. The van der Waals surface area contributed by atoms with Crippen LogP contribution in [0.25, 0.3) is 6.08 Å². The van der Waals surface area contributed by atoms with E-state index in [4.69, 9.17) is 14.2 Å². The molecule has 2 aliphatic heterocycles. The number of nitrogens with zero attached hydrogens (tertiary/aromatic N) is 2. The summed E-state index contributed by atoms with van der Waals surface area (Å²) in [6, 6.07) is 13.4. The lowest BCUT2D eigenvalue weighted by molar-refractivity contribution is -0.139. The van der Waals surface area contributed by atoms with Gasteiger partial charge in [0.2, 0.25) is 5.91 Å². The first-order chi connectivity index (χ1) is 16.9. The number of imide groups is 1. The molecule has 2 saturated heterocycles. The van der Waals surface area contributed by atoms with E-state index in [9.17, 15) is 14.4 Å². The number of carbonyl (C=O) groups is 3. The molecule has 0 bridgehead atoms. The summed E-state index contributed by atoms with van der Waals surface area (Å²) in [5.41, 5.74) is 1.73. The summed E-state index contributed by atoms with van der Waals surface area (Å²) in [4.78, 5) is 40.7. The second kappa shape index (κ2) is 11.9. The van der Waals surface area contributed by atoms with E-state index in [0.717, 1.165) is 25.8 Å². The summed E-state index contributed by atoms with van der Waals surface area (Å²) < 4.78 is 18.1. The van der Waals surface area contributed by atoms with Gasteiger partial charge < -0.3 is 19.1 Å². The first kappa shape index (κ1) is 25.5. The number of rotatable bonds is 8. The Hall–Kier alpha value is -2.57. The van der Waals surface area contributed by atoms with Crippen LogP contribution in [0.2, 0.25) is 0 Å². The average molecular weight is 608 g/mol. The van der Waals surface area contributed by atoms with Crippen LogP contribution in [0, 0.1) is 3.57 Å². The molecule has 0 saturated carbocycles. The van der Waals surface area contributed by atoms with E-state index in [2.05, 4.69) is 22.6 Å². The molecule has 0 unspecified atom stereocenters. The Morgan fingerprint density at radius 3 is 2.54 bits per heavy atom. The first-order valence-electron chi connectivity index (χ1n) is 11.2. The minimum Gasteiger partial charge on any atom is -0.490 e. The molecule has 0 spiro atoms. The number of benzene rings is 2. The standard InChI is InChI=1S/C25H25IN2O6S/c1-2-33-21-13-18(5-8-20(21)34-16-17-3-6-19(26)7-4-17)14-22-24(30)28(25(31)35-22)15-23(29)27-9-11-32-12-10-27/h3-8,13-14H,2,9-12,15-16H2,1H3/b22-14+. The highest BCUT2D eigenvalue weighted by molar-refractivity contribution is 14.1. The van der Waals surface area contributed by atoms with Gasteiger partial charge in [0.05, 0.1) is 24.7 Å². The van der Waals surface area contributed by atoms with Crippen molar-refractivity contribution in [3.05, 3.63) is 62.1 Å². The van der Waals surface area contributed by atoms with Crippen molar-refractivity contribution in [1.82, 2.24) is 9.80 Å². The Labute approximate surface area is 221 Å². The molecule has 0 atom stereocenters. The zero-order valence-corrected chi connectivity index (χ0v) is 22.2. The number of carbonyl (C=O) groups excluding carboxylic acids is 3. The monoisotopic (exact) mass is 608 g/mol. The molecule has 2 aromatic rings. The summed E-state index contributed by atoms with van der Waals surface area (Å²) in [7, 11) is 0. The van der Waals surface area contributed by atoms with Crippen LogP contribution < -0.4 is 9.47 Å². The van der Waals surface area contributed by atoms with E-state index < -0.39 is 11.1 Å². The minimum absolute atomic E-state index is 0.259. The SMILES string of the molecule is CCOc1cc(/C=C2/SC(=O)N(CC(=O)N3CCOCC3)C2=O)ccc1OCc1ccc(I)cc1. The molecular formula is C25H25IN2O6S. The summed E-state index contributed by atoms with van der Waals surface area (Å²) in [5, 5.41) is -0.453. The zero-order valence-electron chi connectivity index (χ0n) is 19.2. The van der Waals surface area contributed by atoms with Gasteiger partial charge >= 0.3 is 0 Å². The van der Waals surface area contributed by atoms with Crippen molar-refractivity contribution in [3.8, 4) is 11.5 Å². The topological polar surface area (TPSA) is 85.4 Å². The maximum absolute atomic E-state index is 12.9. The molecule has 0 radical (unpaired) electrons. The molecule has 184 valence electrons. The number of ether oxygens (including phenoxy) is 3. The lowest BCUT2D eigenvalue weighted by atomic mass is 10.1. The van der Waals surface area contributed by atoms with Crippen molar-refractivity contribution >= 4 is 57.5 Å². The molecule has 2 aliphatic rings.